The third kappa shape index (κ3) is 4.82. The summed E-state index contributed by atoms with van der Waals surface area (Å²) in [5.74, 6) is -1.47. The summed E-state index contributed by atoms with van der Waals surface area (Å²) in [5, 5.41) is 7.58. The molecular weight excluding hydrogens is 468 g/mol. The van der Waals surface area contributed by atoms with E-state index in [4.69, 9.17) is 0 Å². The molecule has 1 unspecified atom stereocenters. The van der Waals surface area contributed by atoms with Crippen molar-refractivity contribution >= 4 is 27.6 Å². The third-order valence-electron chi connectivity index (χ3n) is 7.76. The first-order valence-corrected chi connectivity index (χ1v) is 14.1. The maximum atomic E-state index is 13.7. The Kier molecular flexibility index (Phi) is 6.98. The van der Waals surface area contributed by atoms with Gasteiger partial charge in [0.1, 0.15) is 17.5 Å². The third-order valence-corrected chi connectivity index (χ3v) is 9.79. The normalized spacial score (nSPS) is 29.9. The van der Waals surface area contributed by atoms with Crippen LogP contribution in [-0.2, 0) is 30.6 Å². The van der Waals surface area contributed by atoms with E-state index in [1.807, 2.05) is 32.0 Å². The fourth-order valence-corrected chi connectivity index (χ4v) is 7.78. The second-order valence-electron chi connectivity index (χ2n) is 10.7. The van der Waals surface area contributed by atoms with Gasteiger partial charge in [0.2, 0.25) is 17.7 Å². The Bertz CT molecular complexity index is 1120. The van der Waals surface area contributed by atoms with E-state index in [2.05, 4.69) is 22.0 Å². The molecule has 3 amide bonds. The average molecular weight is 505 g/mol. The first kappa shape index (κ1) is 25.6. The second kappa shape index (κ2) is 9.54. The number of hydrogen-bond donors (Lipinski definition) is 3. The van der Waals surface area contributed by atoms with Crippen molar-refractivity contribution < 1.29 is 22.8 Å². The van der Waals surface area contributed by atoms with Crippen LogP contribution < -0.4 is 16.0 Å². The van der Waals surface area contributed by atoms with Crippen LogP contribution in [-0.4, -0.2) is 67.3 Å². The summed E-state index contributed by atoms with van der Waals surface area (Å²) in [4.78, 5) is 41.2. The molecule has 9 nitrogen and oxygen atoms in total. The van der Waals surface area contributed by atoms with Crippen molar-refractivity contribution in [1.82, 2.24) is 20.9 Å². The maximum Gasteiger partial charge on any atom is 0.246 e. The van der Waals surface area contributed by atoms with Crippen molar-refractivity contribution in [3.8, 4) is 0 Å². The molecule has 35 heavy (non-hydrogen) atoms. The summed E-state index contributed by atoms with van der Waals surface area (Å²) in [6.07, 6.45) is 2.84. The van der Waals surface area contributed by atoms with Crippen LogP contribution in [0.5, 0.6) is 0 Å². The second-order valence-corrected chi connectivity index (χ2v) is 13.0. The van der Waals surface area contributed by atoms with Crippen LogP contribution in [0.25, 0.3) is 0 Å². The topological polar surface area (TPSA) is 125 Å². The molecule has 0 spiro atoms. The lowest BCUT2D eigenvalue weighted by atomic mass is 9.83. The Labute approximate surface area is 207 Å². The summed E-state index contributed by atoms with van der Waals surface area (Å²) >= 11 is 0. The lowest BCUT2D eigenvalue weighted by molar-refractivity contribution is -0.144. The number of carbonyl (C=O) groups is 3. The van der Waals surface area contributed by atoms with Crippen LogP contribution in [0.2, 0.25) is 0 Å². The van der Waals surface area contributed by atoms with Gasteiger partial charge >= 0.3 is 0 Å². The average Bonchev–Trinajstić information content (AvgIpc) is 3.08. The molecule has 2 saturated heterocycles. The number of nitrogens with one attached hydrogen (secondary N) is 3. The number of carbonyl (C=O) groups excluding carboxylic acids is 3. The molecule has 0 bridgehead atoms. The summed E-state index contributed by atoms with van der Waals surface area (Å²) in [5.41, 5.74) is 1.51. The van der Waals surface area contributed by atoms with E-state index in [0.717, 1.165) is 24.8 Å². The molecule has 3 aliphatic rings. The van der Waals surface area contributed by atoms with Crippen LogP contribution in [0.3, 0.4) is 0 Å². The molecule has 5 atom stereocenters. The zero-order valence-electron chi connectivity index (χ0n) is 20.8. The van der Waals surface area contributed by atoms with E-state index < -0.39 is 44.7 Å². The highest BCUT2D eigenvalue weighted by Crippen LogP contribution is 2.44. The minimum absolute atomic E-state index is 0.0128. The minimum atomic E-state index is -3.69. The Morgan fingerprint density at radius 1 is 1.11 bits per heavy atom. The summed E-state index contributed by atoms with van der Waals surface area (Å²) < 4.78 is 26.4. The highest BCUT2D eigenvalue weighted by Gasteiger charge is 2.58. The molecule has 0 saturated carbocycles. The Balaban J connectivity index is 1.64. The van der Waals surface area contributed by atoms with E-state index in [9.17, 15) is 22.8 Å². The number of amides is 3. The number of sulfone groups is 1. The lowest BCUT2D eigenvalue weighted by Gasteiger charge is -2.36. The van der Waals surface area contributed by atoms with Crippen molar-refractivity contribution in [2.45, 2.75) is 82.4 Å². The Hall–Kier alpha value is -2.46. The first-order chi connectivity index (χ1) is 16.5. The molecule has 2 heterocycles. The molecule has 1 aliphatic carbocycles. The Morgan fingerprint density at radius 2 is 1.83 bits per heavy atom. The van der Waals surface area contributed by atoms with Crippen LogP contribution in [0.15, 0.2) is 24.3 Å². The number of rotatable bonds is 5. The molecule has 2 aliphatic heterocycles. The zero-order valence-corrected chi connectivity index (χ0v) is 21.7. The number of hydrogen-bond acceptors (Lipinski definition) is 6. The van der Waals surface area contributed by atoms with E-state index in [1.165, 1.54) is 10.5 Å². The lowest BCUT2D eigenvalue weighted by Crippen LogP contribution is -2.58. The number of nitrogens with zero attached hydrogens (tertiary/aromatic N) is 1. The summed E-state index contributed by atoms with van der Waals surface area (Å²) in [7, 11) is -2.05. The fourth-order valence-electron chi connectivity index (χ4n) is 5.69. The molecule has 1 aromatic rings. The number of fused-ring (bicyclic) bond motifs is 2. The zero-order chi connectivity index (χ0) is 25.5. The van der Waals surface area contributed by atoms with Gasteiger partial charge in [-0.25, -0.2) is 8.42 Å². The number of benzene rings is 1. The van der Waals surface area contributed by atoms with Crippen LogP contribution in [0, 0.1) is 5.41 Å². The number of likely N-dealkylation sites (N-methyl/N-ethyl adjacent to an activating group) is 1. The van der Waals surface area contributed by atoms with Crippen molar-refractivity contribution in [3.05, 3.63) is 35.4 Å². The van der Waals surface area contributed by atoms with Gasteiger partial charge < -0.3 is 20.9 Å². The van der Waals surface area contributed by atoms with E-state index in [1.54, 1.807) is 14.0 Å². The van der Waals surface area contributed by atoms with Gasteiger partial charge in [0.15, 0.2) is 9.84 Å². The monoisotopic (exact) mass is 504 g/mol. The van der Waals surface area contributed by atoms with Gasteiger partial charge in [-0.2, -0.15) is 0 Å². The maximum absolute atomic E-state index is 13.7. The predicted molar refractivity (Wildman–Crippen MR) is 132 cm³/mol. The quantitative estimate of drug-likeness (QED) is 0.551. The molecule has 4 rings (SSSR count). The van der Waals surface area contributed by atoms with Gasteiger partial charge in [0.05, 0.1) is 17.8 Å². The largest absolute Gasteiger partial charge is 0.347 e. The van der Waals surface area contributed by atoms with E-state index in [-0.39, 0.29) is 36.5 Å². The minimum Gasteiger partial charge on any atom is -0.347 e. The van der Waals surface area contributed by atoms with Crippen LogP contribution in [0.1, 0.15) is 63.6 Å². The van der Waals surface area contributed by atoms with Gasteiger partial charge in [-0.1, -0.05) is 38.1 Å². The fraction of sp³-hybridized carbons (Fsp3) is 0.640. The van der Waals surface area contributed by atoms with Crippen LogP contribution in [0.4, 0.5) is 0 Å². The SMILES string of the molecule is CNC(C)C(=O)N[C@H]1CCS(=O)(=O)[C@H]2CC(C)(C)[C@@H](C(=O)N[C@@H]3CCCc4ccccc43)N2C1=O. The molecule has 192 valence electrons. The standard InChI is InChI=1S/C25H36N4O5S/c1-15(26-4)22(30)28-19-12-13-35(33,34)20-14-25(2,3)21(29(20)24(19)32)23(31)27-18-11-7-9-16-8-5-6-10-17(16)18/h5-6,8,10,15,18-21,26H,7,9,11-14H2,1-4H3,(H,27,31)(H,28,30)/t15?,18-,19+,20+,21-/m1/s1. The van der Waals surface area contributed by atoms with Crippen LogP contribution >= 0.6 is 0 Å². The molecule has 2 fully saturated rings. The van der Waals surface area contributed by atoms with Gasteiger partial charge in [0, 0.05) is 0 Å². The smallest absolute Gasteiger partial charge is 0.246 e. The summed E-state index contributed by atoms with van der Waals surface area (Å²) in [6.45, 7) is 5.33. The van der Waals surface area contributed by atoms with Crippen molar-refractivity contribution in [2.75, 3.05) is 12.8 Å². The van der Waals surface area contributed by atoms with E-state index in [0.29, 0.717) is 0 Å². The van der Waals surface area contributed by atoms with Gasteiger partial charge in [-0.3, -0.25) is 14.4 Å². The van der Waals surface area contributed by atoms with E-state index >= 15 is 0 Å². The summed E-state index contributed by atoms with van der Waals surface area (Å²) in [6, 6.07) is 5.32. The van der Waals surface area contributed by atoms with Crippen molar-refractivity contribution in [1.29, 1.82) is 0 Å². The first-order valence-electron chi connectivity index (χ1n) is 12.4. The van der Waals surface area contributed by atoms with Crippen molar-refractivity contribution in [2.24, 2.45) is 5.41 Å². The van der Waals surface area contributed by atoms with Gasteiger partial charge in [-0.05, 0) is 62.6 Å². The molecule has 0 aromatic heterocycles. The molecule has 1 aromatic carbocycles. The molecular formula is C25H36N4O5S. The highest BCUT2D eigenvalue weighted by atomic mass is 32.2. The predicted octanol–water partition coefficient (Wildman–Crippen LogP) is 1.04. The van der Waals surface area contributed by atoms with Gasteiger partial charge in [-0.15, -0.1) is 0 Å². The Morgan fingerprint density at radius 3 is 2.54 bits per heavy atom. The highest BCUT2D eigenvalue weighted by molar-refractivity contribution is 7.92. The van der Waals surface area contributed by atoms with Gasteiger partial charge in [0.25, 0.3) is 0 Å². The van der Waals surface area contributed by atoms with Crippen molar-refractivity contribution in [3.63, 3.8) is 0 Å². The molecule has 10 heteroatoms. The molecule has 3 N–H and O–H groups in total. The molecule has 0 radical (unpaired) electrons. The number of aryl methyl sites for hydroxylation is 1.